The maximum Gasteiger partial charge on any atom is 0.251 e. The third-order valence-corrected chi connectivity index (χ3v) is 4.74. The van der Waals surface area contributed by atoms with E-state index in [4.69, 9.17) is 9.47 Å². The van der Waals surface area contributed by atoms with E-state index < -0.39 is 0 Å². The Balaban J connectivity index is 1.42. The van der Waals surface area contributed by atoms with Crippen LogP contribution < -0.4 is 5.32 Å². The summed E-state index contributed by atoms with van der Waals surface area (Å²) in [6, 6.07) is 3.24. The number of aromatic nitrogens is 4. The van der Waals surface area contributed by atoms with Crippen LogP contribution in [-0.4, -0.2) is 50.8 Å². The second-order valence-corrected chi connectivity index (χ2v) is 6.50. The molecule has 0 bridgehead atoms. The zero-order valence-corrected chi connectivity index (χ0v) is 14.2. The molecule has 9 heteroatoms. The van der Waals surface area contributed by atoms with E-state index in [1.54, 1.807) is 34.6 Å². The summed E-state index contributed by atoms with van der Waals surface area (Å²) in [6.07, 6.45) is 3.99. The summed E-state index contributed by atoms with van der Waals surface area (Å²) in [5.74, 6) is -0.178. The molecule has 0 radical (unpaired) electrons. The number of carbonyl (C=O) groups excluding carboxylic acids is 1. The third kappa shape index (κ3) is 3.68. The molecule has 0 saturated carbocycles. The summed E-state index contributed by atoms with van der Waals surface area (Å²) in [5, 5.41) is 12.7. The fourth-order valence-corrected chi connectivity index (χ4v) is 3.31. The number of hydrogen-bond donors (Lipinski definition) is 1. The highest BCUT2D eigenvalue weighted by atomic mass is 32.1. The molecule has 4 rings (SSSR count). The van der Waals surface area contributed by atoms with E-state index in [0.29, 0.717) is 31.0 Å². The molecule has 0 aliphatic carbocycles. The van der Waals surface area contributed by atoms with Gasteiger partial charge in [-0.2, -0.15) is 0 Å². The van der Waals surface area contributed by atoms with Crippen LogP contribution in [0.5, 0.6) is 0 Å². The van der Waals surface area contributed by atoms with Crippen molar-refractivity contribution in [1.82, 2.24) is 24.9 Å². The van der Waals surface area contributed by atoms with Crippen LogP contribution in [0.15, 0.2) is 35.5 Å². The van der Waals surface area contributed by atoms with Crippen molar-refractivity contribution in [3.8, 4) is 0 Å². The topological polar surface area (TPSA) is 90.6 Å². The number of pyridine rings is 1. The van der Waals surface area contributed by atoms with Gasteiger partial charge in [0.25, 0.3) is 5.91 Å². The number of thiazole rings is 1. The Labute approximate surface area is 147 Å². The molecule has 1 aliphatic rings. The molecule has 2 atom stereocenters. The van der Waals surface area contributed by atoms with E-state index in [1.807, 2.05) is 5.38 Å². The highest BCUT2D eigenvalue weighted by Crippen LogP contribution is 2.15. The molecule has 1 aliphatic heterocycles. The average molecular weight is 359 g/mol. The minimum atomic E-state index is -0.200. The zero-order chi connectivity index (χ0) is 17.1. The maximum atomic E-state index is 12.6. The maximum absolute atomic E-state index is 12.6. The smallest absolute Gasteiger partial charge is 0.251 e. The Bertz CT molecular complexity index is 850. The Hall–Kier alpha value is -2.36. The summed E-state index contributed by atoms with van der Waals surface area (Å²) < 4.78 is 13.2. The minimum Gasteiger partial charge on any atom is -0.379 e. The first-order valence-electron chi connectivity index (χ1n) is 7.96. The van der Waals surface area contributed by atoms with Crippen LogP contribution in [0.25, 0.3) is 5.65 Å². The Morgan fingerprint density at radius 1 is 1.52 bits per heavy atom. The van der Waals surface area contributed by atoms with Gasteiger partial charge in [-0.1, -0.05) is 0 Å². The summed E-state index contributed by atoms with van der Waals surface area (Å²) in [6.45, 7) is 1.49. The second kappa shape index (κ2) is 7.26. The van der Waals surface area contributed by atoms with E-state index in [2.05, 4.69) is 20.5 Å². The molecule has 3 aromatic rings. The fraction of sp³-hybridized carbons (Fsp3) is 0.375. The summed E-state index contributed by atoms with van der Waals surface area (Å²) >= 11 is 1.54. The van der Waals surface area contributed by atoms with Crippen molar-refractivity contribution in [2.24, 2.45) is 0 Å². The van der Waals surface area contributed by atoms with Crippen LogP contribution in [0.3, 0.4) is 0 Å². The van der Waals surface area contributed by atoms with Gasteiger partial charge in [-0.25, -0.2) is 4.98 Å². The first-order chi connectivity index (χ1) is 12.3. The van der Waals surface area contributed by atoms with Crippen molar-refractivity contribution in [2.75, 3.05) is 13.2 Å². The first-order valence-corrected chi connectivity index (χ1v) is 8.90. The number of rotatable bonds is 5. The molecule has 1 N–H and O–H groups in total. The van der Waals surface area contributed by atoms with Crippen LogP contribution in [-0.2, 0) is 16.1 Å². The van der Waals surface area contributed by atoms with Gasteiger partial charge in [0.15, 0.2) is 5.65 Å². The standard InChI is InChI=1S/C16H17N5O3S/c22-16(11-1-3-21-9-18-20-15(21)5-11)19-13-7-23-4-2-14(13)24-6-12-8-25-10-17-12/h1,3,5,8-10,13-14H,2,4,6-7H2,(H,19,22)/t13-,14+/m1/s1. The van der Waals surface area contributed by atoms with Crippen molar-refractivity contribution in [3.63, 3.8) is 0 Å². The quantitative estimate of drug-likeness (QED) is 0.738. The number of ether oxygens (including phenoxy) is 2. The van der Waals surface area contributed by atoms with Crippen LogP contribution in [0, 0.1) is 0 Å². The Morgan fingerprint density at radius 3 is 3.36 bits per heavy atom. The molecule has 0 unspecified atom stereocenters. The lowest BCUT2D eigenvalue weighted by Crippen LogP contribution is -2.50. The normalized spacial score (nSPS) is 20.6. The predicted molar refractivity (Wildman–Crippen MR) is 90.4 cm³/mol. The molecule has 0 spiro atoms. The second-order valence-electron chi connectivity index (χ2n) is 5.78. The van der Waals surface area contributed by atoms with Gasteiger partial charge in [0.2, 0.25) is 0 Å². The lowest BCUT2D eigenvalue weighted by molar-refractivity contribution is -0.0611. The molecule has 4 heterocycles. The van der Waals surface area contributed by atoms with Gasteiger partial charge < -0.3 is 14.8 Å². The van der Waals surface area contributed by atoms with Gasteiger partial charge in [-0.15, -0.1) is 21.5 Å². The molecule has 130 valence electrons. The van der Waals surface area contributed by atoms with Crippen molar-refractivity contribution in [3.05, 3.63) is 46.8 Å². The molecule has 1 saturated heterocycles. The number of fused-ring (bicyclic) bond motifs is 1. The molecule has 0 aromatic carbocycles. The molecular formula is C16H17N5O3S. The number of carbonyl (C=O) groups is 1. The lowest BCUT2D eigenvalue weighted by atomic mass is 10.1. The number of hydrogen-bond acceptors (Lipinski definition) is 7. The van der Waals surface area contributed by atoms with Gasteiger partial charge in [0, 0.05) is 23.7 Å². The average Bonchev–Trinajstić information content (AvgIpc) is 3.31. The van der Waals surface area contributed by atoms with Crippen LogP contribution in [0.1, 0.15) is 22.5 Å². The van der Waals surface area contributed by atoms with Gasteiger partial charge in [0.1, 0.15) is 6.33 Å². The largest absolute Gasteiger partial charge is 0.379 e. The van der Waals surface area contributed by atoms with Gasteiger partial charge in [-0.05, 0) is 18.6 Å². The first kappa shape index (κ1) is 16.1. The number of nitrogens with one attached hydrogen (secondary N) is 1. The highest BCUT2D eigenvalue weighted by molar-refractivity contribution is 7.07. The molecule has 3 aromatic heterocycles. The van der Waals surface area contributed by atoms with Gasteiger partial charge in [0.05, 0.1) is 36.6 Å². The van der Waals surface area contributed by atoms with Crippen LogP contribution in [0.4, 0.5) is 0 Å². The summed E-state index contributed by atoms with van der Waals surface area (Å²) in [7, 11) is 0. The lowest BCUT2D eigenvalue weighted by Gasteiger charge is -2.32. The summed E-state index contributed by atoms with van der Waals surface area (Å²) in [4.78, 5) is 16.8. The van der Waals surface area contributed by atoms with Gasteiger partial charge in [-0.3, -0.25) is 9.20 Å². The van der Waals surface area contributed by atoms with Gasteiger partial charge >= 0.3 is 0 Å². The highest BCUT2D eigenvalue weighted by Gasteiger charge is 2.28. The predicted octanol–water partition coefficient (Wildman–Crippen LogP) is 1.29. The van der Waals surface area contributed by atoms with Crippen LogP contribution >= 0.6 is 11.3 Å². The fourth-order valence-electron chi connectivity index (χ4n) is 2.76. The Morgan fingerprint density at radius 2 is 2.48 bits per heavy atom. The van der Waals surface area contributed by atoms with E-state index in [1.165, 1.54) is 11.3 Å². The van der Waals surface area contributed by atoms with Crippen molar-refractivity contribution in [2.45, 2.75) is 25.2 Å². The summed E-state index contributed by atoms with van der Waals surface area (Å²) in [5.41, 5.74) is 3.84. The molecule has 1 fully saturated rings. The van der Waals surface area contributed by atoms with E-state index >= 15 is 0 Å². The molecule has 25 heavy (non-hydrogen) atoms. The number of nitrogens with zero attached hydrogens (tertiary/aromatic N) is 4. The minimum absolute atomic E-state index is 0.101. The Kier molecular flexibility index (Phi) is 4.68. The zero-order valence-electron chi connectivity index (χ0n) is 13.4. The van der Waals surface area contributed by atoms with E-state index in [9.17, 15) is 4.79 Å². The van der Waals surface area contributed by atoms with Crippen molar-refractivity contribution >= 4 is 22.9 Å². The number of amides is 1. The van der Waals surface area contributed by atoms with Crippen molar-refractivity contribution < 1.29 is 14.3 Å². The molecular weight excluding hydrogens is 342 g/mol. The third-order valence-electron chi connectivity index (χ3n) is 4.10. The molecule has 8 nitrogen and oxygen atoms in total. The monoisotopic (exact) mass is 359 g/mol. The molecule has 1 amide bonds. The SMILES string of the molecule is O=C(N[C@@H]1COCC[C@@H]1OCc1cscn1)c1ccn2cnnc2c1. The van der Waals surface area contributed by atoms with E-state index in [-0.39, 0.29) is 18.1 Å². The van der Waals surface area contributed by atoms with Crippen LogP contribution in [0.2, 0.25) is 0 Å². The van der Waals surface area contributed by atoms with Crippen molar-refractivity contribution in [1.29, 1.82) is 0 Å². The van der Waals surface area contributed by atoms with E-state index in [0.717, 1.165) is 12.1 Å².